The van der Waals surface area contributed by atoms with Crippen LogP contribution in [0.5, 0.6) is 0 Å². The smallest absolute Gasteiger partial charge is 0.303 e. The fourth-order valence-electron chi connectivity index (χ4n) is 2.59. The topological polar surface area (TPSA) is 57.6 Å². The van der Waals surface area contributed by atoms with Gasteiger partial charge in [-0.25, -0.2) is 0 Å². The zero-order valence-electron chi connectivity index (χ0n) is 11.8. The Morgan fingerprint density at radius 1 is 1.35 bits per heavy atom. The van der Waals surface area contributed by atoms with Gasteiger partial charge in [-0.05, 0) is 43.7 Å². The minimum atomic E-state index is -0.728. The first-order valence-corrected chi connectivity index (χ1v) is 8.01. The number of rotatable bonds is 5. The molecule has 110 valence electrons. The molecule has 5 heteroatoms. The van der Waals surface area contributed by atoms with E-state index in [1.807, 2.05) is 17.0 Å². The van der Waals surface area contributed by atoms with E-state index >= 15 is 0 Å². The minimum absolute atomic E-state index is 0.131. The lowest BCUT2D eigenvalue weighted by Gasteiger charge is -2.31. The van der Waals surface area contributed by atoms with Gasteiger partial charge in [0, 0.05) is 24.4 Å². The lowest BCUT2D eigenvalue weighted by Crippen LogP contribution is -2.38. The summed E-state index contributed by atoms with van der Waals surface area (Å²) in [5, 5.41) is 8.70. The molecule has 0 saturated carbocycles. The van der Waals surface area contributed by atoms with E-state index in [0.717, 1.165) is 43.6 Å². The average Bonchev–Trinajstić information content (AvgIpc) is 2.94. The van der Waals surface area contributed by atoms with Gasteiger partial charge in [-0.15, -0.1) is 11.3 Å². The maximum absolute atomic E-state index is 12.3. The van der Waals surface area contributed by atoms with Crippen LogP contribution in [-0.4, -0.2) is 35.0 Å². The maximum atomic E-state index is 12.3. The zero-order chi connectivity index (χ0) is 14.5. The third kappa shape index (κ3) is 3.82. The predicted molar refractivity (Wildman–Crippen MR) is 79.2 cm³/mol. The normalized spacial score (nSPS) is 16.4. The SMILES string of the molecule is CCc1ccc(C(=O)N2CCC(CCC(=O)O)CC2)s1. The number of carbonyl (C=O) groups excluding carboxylic acids is 1. The first-order chi connectivity index (χ1) is 9.60. The summed E-state index contributed by atoms with van der Waals surface area (Å²) < 4.78 is 0. The van der Waals surface area contributed by atoms with Crippen molar-refractivity contribution in [3.8, 4) is 0 Å². The van der Waals surface area contributed by atoms with Crippen LogP contribution in [0.2, 0.25) is 0 Å². The second kappa shape index (κ2) is 6.88. The number of amides is 1. The molecule has 2 rings (SSSR count). The summed E-state index contributed by atoms with van der Waals surface area (Å²) in [6.07, 6.45) is 3.78. The zero-order valence-corrected chi connectivity index (χ0v) is 12.6. The van der Waals surface area contributed by atoms with Crippen molar-refractivity contribution < 1.29 is 14.7 Å². The van der Waals surface area contributed by atoms with Gasteiger partial charge in [0.15, 0.2) is 0 Å². The van der Waals surface area contributed by atoms with Gasteiger partial charge in [0.1, 0.15) is 0 Å². The molecule has 1 N–H and O–H groups in total. The van der Waals surface area contributed by atoms with Crippen molar-refractivity contribution in [3.05, 3.63) is 21.9 Å². The summed E-state index contributed by atoms with van der Waals surface area (Å²) in [6, 6.07) is 3.94. The maximum Gasteiger partial charge on any atom is 0.303 e. The highest BCUT2D eigenvalue weighted by molar-refractivity contribution is 7.14. The van der Waals surface area contributed by atoms with Crippen LogP contribution in [0, 0.1) is 5.92 Å². The van der Waals surface area contributed by atoms with Crippen LogP contribution in [0.25, 0.3) is 0 Å². The van der Waals surface area contributed by atoms with E-state index in [1.165, 1.54) is 4.88 Å². The lowest BCUT2D eigenvalue weighted by atomic mass is 9.92. The minimum Gasteiger partial charge on any atom is -0.481 e. The number of nitrogens with zero attached hydrogens (tertiary/aromatic N) is 1. The summed E-state index contributed by atoms with van der Waals surface area (Å²) in [5.41, 5.74) is 0. The molecule has 1 saturated heterocycles. The number of hydrogen-bond acceptors (Lipinski definition) is 3. The Morgan fingerprint density at radius 2 is 2.05 bits per heavy atom. The number of carboxylic acids is 1. The standard InChI is InChI=1S/C15H21NO3S/c1-2-12-4-5-13(20-12)15(19)16-9-7-11(8-10-16)3-6-14(17)18/h4-5,11H,2-3,6-10H2,1H3,(H,17,18). The van der Waals surface area contributed by atoms with Gasteiger partial charge in [-0.1, -0.05) is 6.92 Å². The van der Waals surface area contributed by atoms with E-state index in [0.29, 0.717) is 5.92 Å². The fourth-order valence-corrected chi connectivity index (χ4v) is 3.51. The number of piperidine rings is 1. The molecular weight excluding hydrogens is 274 g/mol. The Labute approximate surface area is 123 Å². The number of carbonyl (C=O) groups is 2. The van der Waals surface area contributed by atoms with Crippen molar-refractivity contribution in [2.24, 2.45) is 5.92 Å². The number of carboxylic acid groups (broad SMARTS) is 1. The molecule has 0 aliphatic carbocycles. The summed E-state index contributed by atoms with van der Waals surface area (Å²) in [7, 11) is 0. The molecular formula is C15H21NO3S. The van der Waals surface area contributed by atoms with E-state index in [2.05, 4.69) is 6.92 Å². The van der Waals surface area contributed by atoms with Gasteiger partial charge in [0.05, 0.1) is 4.88 Å². The first-order valence-electron chi connectivity index (χ1n) is 7.20. The highest BCUT2D eigenvalue weighted by Gasteiger charge is 2.24. The monoisotopic (exact) mass is 295 g/mol. The molecule has 1 aliphatic heterocycles. The Bertz CT molecular complexity index is 475. The average molecular weight is 295 g/mol. The van der Waals surface area contributed by atoms with Crippen LogP contribution >= 0.6 is 11.3 Å². The van der Waals surface area contributed by atoms with E-state index in [-0.39, 0.29) is 12.3 Å². The lowest BCUT2D eigenvalue weighted by molar-refractivity contribution is -0.137. The highest BCUT2D eigenvalue weighted by Crippen LogP contribution is 2.25. The molecule has 1 aromatic rings. The second-order valence-electron chi connectivity index (χ2n) is 5.29. The van der Waals surface area contributed by atoms with Crippen molar-refractivity contribution in [3.63, 3.8) is 0 Å². The van der Waals surface area contributed by atoms with Crippen molar-refractivity contribution in [1.82, 2.24) is 4.90 Å². The molecule has 1 aromatic heterocycles. The Morgan fingerprint density at radius 3 is 2.60 bits per heavy atom. The Balaban J connectivity index is 1.84. The molecule has 20 heavy (non-hydrogen) atoms. The quantitative estimate of drug-likeness (QED) is 0.908. The van der Waals surface area contributed by atoms with Crippen LogP contribution in [0.4, 0.5) is 0 Å². The molecule has 0 atom stereocenters. The largest absolute Gasteiger partial charge is 0.481 e. The molecule has 1 aliphatic rings. The fraction of sp³-hybridized carbons (Fsp3) is 0.600. The summed E-state index contributed by atoms with van der Waals surface area (Å²) in [5.74, 6) is -0.148. The Kier molecular flexibility index (Phi) is 5.17. The van der Waals surface area contributed by atoms with Crippen LogP contribution in [0.1, 0.15) is 47.2 Å². The van der Waals surface area contributed by atoms with Gasteiger partial charge in [-0.3, -0.25) is 9.59 Å². The molecule has 1 amide bonds. The molecule has 0 spiro atoms. The Hall–Kier alpha value is -1.36. The van der Waals surface area contributed by atoms with E-state index < -0.39 is 5.97 Å². The number of aliphatic carboxylic acids is 1. The molecule has 0 bridgehead atoms. The van der Waals surface area contributed by atoms with E-state index in [4.69, 9.17) is 5.11 Å². The van der Waals surface area contributed by atoms with Crippen LogP contribution in [-0.2, 0) is 11.2 Å². The van der Waals surface area contributed by atoms with Crippen molar-refractivity contribution in [2.75, 3.05) is 13.1 Å². The third-order valence-electron chi connectivity index (χ3n) is 3.89. The molecule has 2 heterocycles. The molecule has 0 unspecified atom stereocenters. The third-order valence-corrected chi connectivity index (χ3v) is 5.11. The van der Waals surface area contributed by atoms with Gasteiger partial charge in [0.2, 0.25) is 0 Å². The van der Waals surface area contributed by atoms with E-state index in [9.17, 15) is 9.59 Å². The van der Waals surface area contributed by atoms with Gasteiger partial charge in [-0.2, -0.15) is 0 Å². The van der Waals surface area contributed by atoms with Crippen molar-refractivity contribution >= 4 is 23.2 Å². The molecule has 1 fully saturated rings. The van der Waals surface area contributed by atoms with Crippen molar-refractivity contribution in [2.45, 2.75) is 39.0 Å². The molecule has 0 radical (unpaired) electrons. The molecule has 4 nitrogen and oxygen atoms in total. The van der Waals surface area contributed by atoms with Crippen LogP contribution in [0.3, 0.4) is 0 Å². The summed E-state index contributed by atoms with van der Waals surface area (Å²) in [6.45, 7) is 3.60. The van der Waals surface area contributed by atoms with E-state index in [1.54, 1.807) is 11.3 Å². The first kappa shape index (κ1) is 15.0. The molecule has 0 aromatic carbocycles. The van der Waals surface area contributed by atoms with Gasteiger partial charge >= 0.3 is 5.97 Å². The number of likely N-dealkylation sites (tertiary alicyclic amines) is 1. The van der Waals surface area contributed by atoms with Gasteiger partial charge in [0.25, 0.3) is 5.91 Å². The van der Waals surface area contributed by atoms with Crippen LogP contribution < -0.4 is 0 Å². The highest BCUT2D eigenvalue weighted by atomic mass is 32.1. The number of hydrogen-bond donors (Lipinski definition) is 1. The van der Waals surface area contributed by atoms with Gasteiger partial charge < -0.3 is 10.0 Å². The number of aryl methyl sites for hydroxylation is 1. The summed E-state index contributed by atoms with van der Waals surface area (Å²) >= 11 is 1.58. The van der Waals surface area contributed by atoms with Crippen molar-refractivity contribution in [1.29, 1.82) is 0 Å². The number of thiophene rings is 1. The predicted octanol–water partition coefficient (Wildman–Crippen LogP) is 3.03. The summed E-state index contributed by atoms with van der Waals surface area (Å²) in [4.78, 5) is 26.9. The second-order valence-corrected chi connectivity index (χ2v) is 6.46. The van der Waals surface area contributed by atoms with Crippen LogP contribution in [0.15, 0.2) is 12.1 Å².